The van der Waals surface area contributed by atoms with E-state index in [1.54, 1.807) is 22.3 Å². The maximum absolute atomic E-state index is 14.0. The van der Waals surface area contributed by atoms with Crippen LogP contribution in [0.4, 0.5) is 0 Å². The fraction of sp³-hybridized carbons (Fsp3) is 0.400. The number of carbonyl (C=O) groups is 3. The number of halogens is 1. The minimum Gasteiger partial charge on any atom is -0.391 e. The fourth-order valence-corrected chi connectivity index (χ4v) is 7.53. The van der Waals surface area contributed by atoms with Crippen molar-refractivity contribution in [1.82, 2.24) is 20.1 Å². The molecule has 0 spiro atoms. The molecule has 0 bridgehead atoms. The van der Waals surface area contributed by atoms with Crippen LogP contribution < -0.4 is 5.32 Å². The number of aryl methyl sites for hydroxylation is 1. The molecule has 1 aromatic heterocycles. The molecule has 2 aliphatic rings. The maximum Gasteiger partial charge on any atom is 0.255 e. The van der Waals surface area contributed by atoms with Crippen molar-refractivity contribution < 1.29 is 19.5 Å². The van der Waals surface area contributed by atoms with Gasteiger partial charge in [0.2, 0.25) is 11.8 Å². The summed E-state index contributed by atoms with van der Waals surface area (Å²) in [5, 5.41) is 13.6. The van der Waals surface area contributed by atoms with Gasteiger partial charge in [-0.05, 0) is 71.2 Å². The van der Waals surface area contributed by atoms with Gasteiger partial charge >= 0.3 is 0 Å². The number of nitrogens with zero attached hydrogens (tertiary/aromatic N) is 3. The van der Waals surface area contributed by atoms with Crippen LogP contribution in [0, 0.1) is 16.4 Å². The summed E-state index contributed by atoms with van der Waals surface area (Å²) >= 11 is 3.88. The van der Waals surface area contributed by atoms with Crippen molar-refractivity contribution in [3.05, 3.63) is 73.9 Å². The van der Waals surface area contributed by atoms with Crippen molar-refractivity contribution >= 4 is 51.6 Å². The van der Waals surface area contributed by atoms with Crippen LogP contribution in [0.5, 0.6) is 0 Å². The van der Waals surface area contributed by atoms with E-state index in [0.29, 0.717) is 12.1 Å². The molecule has 1 fully saturated rings. The monoisotopic (exact) mass is 672 g/mol. The molecule has 3 heterocycles. The smallest absolute Gasteiger partial charge is 0.255 e. The van der Waals surface area contributed by atoms with E-state index in [4.69, 9.17) is 0 Å². The molecule has 10 heteroatoms. The lowest BCUT2D eigenvalue weighted by Crippen LogP contribution is -2.55. The SMILES string of the molecule is Cc1ncsc1-c1ccc([C@H](C)NC(=O)[C@@H]2C[C@@H](O)CN2C(=O)[C@H](C(C)C)N2Cc3ccccc3C2=O)c(I)c1. The molecule has 4 atom stereocenters. The van der Waals surface area contributed by atoms with Gasteiger partial charge < -0.3 is 20.2 Å². The first kappa shape index (κ1) is 28.7. The number of aliphatic hydroxyl groups is 1. The van der Waals surface area contributed by atoms with Crippen molar-refractivity contribution in [3.8, 4) is 10.4 Å². The molecule has 0 unspecified atom stereocenters. The number of thiazole rings is 1. The third-order valence-electron chi connectivity index (χ3n) is 7.77. The molecule has 210 valence electrons. The molecule has 2 aromatic carbocycles. The highest BCUT2D eigenvalue weighted by atomic mass is 127. The number of likely N-dealkylation sites (tertiary alicyclic amines) is 1. The van der Waals surface area contributed by atoms with E-state index in [-0.39, 0.29) is 42.6 Å². The van der Waals surface area contributed by atoms with Crippen LogP contribution in [-0.4, -0.2) is 62.3 Å². The maximum atomic E-state index is 14.0. The second-order valence-corrected chi connectivity index (χ2v) is 12.9. The summed E-state index contributed by atoms with van der Waals surface area (Å²) < 4.78 is 1.02. The van der Waals surface area contributed by atoms with E-state index < -0.39 is 18.2 Å². The largest absolute Gasteiger partial charge is 0.391 e. The van der Waals surface area contributed by atoms with Gasteiger partial charge in [-0.1, -0.05) is 44.2 Å². The number of benzene rings is 2. The molecular weight excluding hydrogens is 639 g/mol. The lowest BCUT2D eigenvalue weighted by molar-refractivity contribution is -0.143. The normalized spacial score (nSPS) is 20.1. The number of aromatic nitrogens is 1. The Labute approximate surface area is 251 Å². The average Bonchev–Trinajstić information content (AvgIpc) is 3.61. The van der Waals surface area contributed by atoms with Gasteiger partial charge in [0.15, 0.2) is 0 Å². The van der Waals surface area contributed by atoms with Gasteiger partial charge in [0.05, 0.1) is 28.2 Å². The Hall–Kier alpha value is -2.83. The summed E-state index contributed by atoms with van der Waals surface area (Å²) in [5.41, 5.74) is 6.37. The van der Waals surface area contributed by atoms with Gasteiger partial charge in [0.1, 0.15) is 12.1 Å². The minimum absolute atomic E-state index is 0.0595. The summed E-state index contributed by atoms with van der Waals surface area (Å²) in [6, 6.07) is 11.7. The number of rotatable bonds is 7. The van der Waals surface area contributed by atoms with Gasteiger partial charge in [-0.2, -0.15) is 0 Å². The molecule has 2 N–H and O–H groups in total. The molecular formula is C30H33IN4O4S. The van der Waals surface area contributed by atoms with Crippen LogP contribution in [0.1, 0.15) is 60.4 Å². The Morgan fingerprint density at radius 2 is 1.93 bits per heavy atom. The van der Waals surface area contributed by atoms with E-state index in [0.717, 1.165) is 30.8 Å². The van der Waals surface area contributed by atoms with Crippen molar-refractivity contribution in [1.29, 1.82) is 0 Å². The molecule has 40 heavy (non-hydrogen) atoms. The van der Waals surface area contributed by atoms with Gasteiger partial charge in [0.25, 0.3) is 5.91 Å². The van der Waals surface area contributed by atoms with Gasteiger partial charge in [-0.15, -0.1) is 11.3 Å². The number of hydrogen-bond acceptors (Lipinski definition) is 6. The van der Waals surface area contributed by atoms with Crippen LogP contribution in [0.3, 0.4) is 0 Å². The highest BCUT2D eigenvalue weighted by molar-refractivity contribution is 14.1. The third-order valence-corrected chi connectivity index (χ3v) is 9.68. The zero-order valence-corrected chi connectivity index (χ0v) is 25.9. The number of nitrogens with one attached hydrogen (secondary N) is 1. The topological polar surface area (TPSA) is 103 Å². The molecule has 1 saturated heterocycles. The predicted octanol–water partition coefficient (Wildman–Crippen LogP) is 4.54. The van der Waals surface area contributed by atoms with Gasteiger partial charge in [-0.3, -0.25) is 14.4 Å². The Kier molecular flexibility index (Phi) is 8.30. The first-order valence-electron chi connectivity index (χ1n) is 13.4. The van der Waals surface area contributed by atoms with Crippen LogP contribution in [0.2, 0.25) is 0 Å². The molecule has 0 radical (unpaired) electrons. The van der Waals surface area contributed by atoms with Gasteiger partial charge in [0, 0.05) is 28.6 Å². The Morgan fingerprint density at radius 1 is 1.18 bits per heavy atom. The van der Waals surface area contributed by atoms with E-state index >= 15 is 0 Å². The van der Waals surface area contributed by atoms with E-state index in [9.17, 15) is 19.5 Å². The highest BCUT2D eigenvalue weighted by Crippen LogP contribution is 2.33. The van der Waals surface area contributed by atoms with E-state index in [1.807, 2.05) is 63.5 Å². The number of fused-ring (bicyclic) bond motifs is 1. The standard InChI is InChI=1S/C30H33IN4O4S/c1-16(2)26(35-13-20-7-5-6-8-23(20)29(35)38)30(39)34-14-21(36)12-25(34)28(37)33-17(3)22-10-9-19(11-24(22)31)27-18(4)32-15-40-27/h5-11,15-17,21,25-26,36H,12-14H2,1-4H3,(H,33,37)/t17-,21+,25-,26-/m0/s1. The second-order valence-electron chi connectivity index (χ2n) is 10.9. The minimum atomic E-state index is -0.817. The molecule has 0 saturated carbocycles. The van der Waals surface area contributed by atoms with E-state index in [1.165, 1.54) is 4.90 Å². The Morgan fingerprint density at radius 3 is 2.58 bits per heavy atom. The molecule has 5 rings (SSSR count). The summed E-state index contributed by atoms with van der Waals surface area (Å²) in [6.07, 6.45) is -0.652. The van der Waals surface area contributed by atoms with Gasteiger partial charge in [-0.25, -0.2) is 4.98 Å². The van der Waals surface area contributed by atoms with Crippen LogP contribution >= 0.6 is 33.9 Å². The van der Waals surface area contributed by atoms with Crippen molar-refractivity contribution in [3.63, 3.8) is 0 Å². The summed E-state index contributed by atoms with van der Waals surface area (Å²) in [6.45, 7) is 8.12. The first-order valence-corrected chi connectivity index (χ1v) is 15.4. The van der Waals surface area contributed by atoms with Crippen molar-refractivity contribution in [2.24, 2.45) is 5.92 Å². The predicted molar refractivity (Wildman–Crippen MR) is 163 cm³/mol. The number of aliphatic hydroxyl groups excluding tert-OH is 1. The van der Waals surface area contributed by atoms with Crippen molar-refractivity contribution in [2.45, 2.75) is 64.9 Å². The zero-order chi connectivity index (χ0) is 28.7. The zero-order valence-electron chi connectivity index (χ0n) is 22.9. The first-order chi connectivity index (χ1) is 19.1. The van der Waals surface area contributed by atoms with Crippen LogP contribution in [0.15, 0.2) is 48.0 Å². The Balaban J connectivity index is 1.32. The average molecular weight is 673 g/mol. The number of carbonyl (C=O) groups excluding carboxylic acids is 3. The number of β-amino-alcohol motifs (C(OH)–C–C–N with tert-alkyl or cyclic N) is 1. The Bertz CT molecular complexity index is 1460. The lowest BCUT2D eigenvalue weighted by atomic mass is 10.00. The highest BCUT2D eigenvalue weighted by Gasteiger charge is 2.46. The van der Waals surface area contributed by atoms with Crippen LogP contribution in [0.25, 0.3) is 10.4 Å². The lowest BCUT2D eigenvalue weighted by Gasteiger charge is -2.35. The molecule has 2 aliphatic heterocycles. The molecule has 3 amide bonds. The number of amides is 3. The summed E-state index contributed by atoms with van der Waals surface area (Å²) in [7, 11) is 0. The molecule has 3 aromatic rings. The fourth-order valence-electron chi connectivity index (χ4n) is 5.74. The third kappa shape index (κ3) is 5.40. The molecule has 8 nitrogen and oxygen atoms in total. The second kappa shape index (κ2) is 11.6. The summed E-state index contributed by atoms with van der Waals surface area (Å²) in [5.74, 6) is -0.967. The molecule has 0 aliphatic carbocycles. The van der Waals surface area contributed by atoms with Crippen molar-refractivity contribution in [2.75, 3.05) is 6.54 Å². The summed E-state index contributed by atoms with van der Waals surface area (Å²) in [4.78, 5) is 49.3. The van der Waals surface area contributed by atoms with Crippen LogP contribution in [-0.2, 0) is 16.1 Å². The number of hydrogen-bond donors (Lipinski definition) is 2. The van der Waals surface area contributed by atoms with E-state index in [2.05, 4.69) is 39.0 Å². The quantitative estimate of drug-likeness (QED) is 0.359.